The maximum Gasteiger partial charge on any atom is 0.199 e. The minimum absolute atomic E-state index is 0.0868. The van der Waals surface area contributed by atoms with Gasteiger partial charge in [-0.25, -0.2) is 19.9 Å². The molecule has 2 rings (SSSR count). The molecule has 0 aliphatic heterocycles. The predicted octanol–water partition coefficient (Wildman–Crippen LogP) is 2.12. The Morgan fingerprint density at radius 3 is 2.17 bits per heavy atom. The Morgan fingerprint density at radius 2 is 1.61 bits per heavy atom. The molecular formula is C13H17N5. The lowest BCUT2D eigenvalue weighted by Crippen LogP contribution is -2.15. The first-order chi connectivity index (χ1) is 8.36. The van der Waals surface area contributed by atoms with Crippen LogP contribution in [0.25, 0.3) is 11.6 Å². The second kappa shape index (κ2) is 4.33. The fourth-order valence-corrected chi connectivity index (χ4v) is 1.46. The van der Waals surface area contributed by atoms with Gasteiger partial charge in [0.15, 0.2) is 11.6 Å². The van der Waals surface area contributed by atoms with Crippen LogP contribution >= 0.6 is 0 Å². The van der Waals surface area contributed by atoms with E-state index in [4.69, 9.17) is 5.73 Å². The van der Waals surface area contributed by atoms with Crippen molar-refractivity contribution < 1.29 is 0 Å². The van der Waals surface area contributed by atoms with Gasteiger partial charge < -0.3 is 5.73 Å². The van der Waals surface area contributed by atoms with Gasteiger partial charge in [0, 0.05) is 23.9 Å². The topological polar surface area (TPSA) is 77.6 Å². The molecule has 5 nitrogen and oxygen atoms in total. The van der Waals surface area contributed by atoms with Crippen LogP contribution in [0.3, 0.4) is 0 Å². The monoisotopic (exact) mass is 243 g/mol. The molecule has 0 amide bonds. The number of aromatic nitrogens is 4. The van der Waals surface area contributed by atoms with E-state index in [0.29, 0.717) is 17.5 Å². The van der Waals surface area contributed by atoms with E-state index in [1.165, 1.54) is 0 Å². The van der Waals surface area contributed by atoms with Crippen LogP contribution in [0.4, 0.5) is 5.82 Å². The van der Waals surface area contributed by atoms with Gasteiger partial charge in [0.1, 0.15) is 5.82 Å². The molecule has 0 saturated carbocycles. The Labute approximate surface area is 107 Å². The molecule has 0 aromatic carbocycles. The van der Waals surface area contributed by atoms with Crippen molar-refractivity contribution in [2.24, 2.45) is 0 Å². The summed E-state index contributed by atoms with van der Waals surface area (Å²) >= 11 is 0. The Balaban J connectivity index is 2.52. The molecule has 0 atom stereocenters. The van der Waals surface area contributed by atoms with Crippen molar-refractivity contribution in [1.82, 2.24) is 19.9 Å². The maximum atomic E-state index is 5.82. The van der Waals surface area contributed by atoms with Gasteiger partial charge in [0.05, 0.1) is 5.69 Å². The first-order valence-electron chi connectivity index (χ1n) is 5.80. The molecule has 0 unspecified atom stereocenters. The summed E-state index contributed by atoms with van der Waals surface area (Å²) in [5, 5.41) is 0. The van der Waals surface area contributed by atoms with Crippen molar-refractivity contribution in [3.63, 3.8) is 0 Å². The molecular weight excluding hydrogens is 226 g/mol. The summed E-state index contributed by atoms with van der Waals surface area (Å²) in [7, 11) is 0. The van der Waals surface area contributed by atoms with Gasteiger partial charge in [0.2, 0.25) is 0 Å². The number of nitrogen functional groups attached to an aromatic ring is 1. The summed E-state index contributed by atoms with van der Waals surface area (Å²) < 4.78 is 0. The molecule has 5 heteroatoms. The maximum absolute atomic E-state index is 5.82. The van der Waals surface area contributed by atoms with Crippen molar-refractivity contribution >= 4 is 5.82 Å². The Morgan fingerprint density at radius 1 is 1.00 bits per heavy atom. The standard InChI is InChI=1S/C13H17N5/c1-8-6-15-11(16-7-8)12-17-9(13(2,3)4)5-10(14)18-12/h5-7H,1-4H3,(H2,14,17,18). The molecule has 0 saturated heterocycles. The van der Waals surface area contributed by atoms with Gasteiger partial charge in [-0.05, 0) is 12.5 Å². The van der Waals surface area contributed by atoms with E-state index in [0.717, 1.165) is 11.3 Å². The fourth-order valence-electron chi connectivity index (χ4n) is 1.46. The van der Waals surface area contributed by atoms with E-state index >= 15 is 0 Å². The SMILES string of the molecule is Cc1cnc(-c2nc(N)cc(C(C)(C)C)n2)nc1. The summed E-state index contributed by atoms with van der Waals surface area (Å²) in [6.45, 7) is 8.17. The minimum atomic E-state index is -0.0868. The summed E-state index contributed by atoms with van der Waals surface area (Å²) in [6, 6.07) is 1.79. The number of aryl methyl sites for hydroxylation is 1. The number of nitrogens with two attached hydrogens (primary N) is 1. The molecule has 0 aliphatic carbocycles. The van der Waals surface area contributed by atoms with E-state index in [2.05, 4.69) is 40.7 Å². The van der Waals surface area contributed by atoms with Crippen LogP contribution in [0.15, 0.2) is 18.5 Å². The minimum Gasteiger partial charge on any atom is -0.384 e. The van der Waals surface area contributed by atoms with Crippen molar-refractivity contribution in [2.75, 3.05) is 5.73 Å². The smallest absolute Gasteiger partial charge is 0.199 e. The summed E-state index contributed by atoms with van der Waals surface area (Å²) in [5.41, 5.74) is 7.61. The van der Waals surface area contributed by atoms with Crippen LogP contribution in [-0.4, -0.2) is 19.9 Å². The van der Waals surface area contributed by atoms with E-state index in [1.54, 1.807) is 18.5 Å². The highest BCUT2D eigenvalue weighted by Gasteiger charge is 2.18. The van der Waals surface area contributed by atoms with Crippen molar-refractivity contribution in [3.8, 4) is 11.6 Å². The fraction of sp³-hybridized carbons (Fsp3) is 0.385. The molecule has 2 aromatic heterocycles. The molecule has 0 fully saturated rings. The normalized spacial score (nSPS) is 11.6. The Kier molecular flexibility index (Phi) is 2.98. The zero-order chi connectivity index (χ0) is 13.3. The molecule has 2 aromatic rings. The zero-order valence-corrected chi connectivity index (χ0v) is 11.1. The molecule has 0 radical (unpaired) electrons. The molecule has 2 N–H and O–H groups in total. The van der Waals surface area contributed by atoms with Gasteiger partial charge >= 0.3 is 0 Å². The third kappa shape index (κ3) is 2.61. The van der Waals surface area contributed by atoms with Gasteiger partial charge in [-0.15, -0.1) is 0 Å². The zero-order valence-electron chi connectivity index (χ0n) is 11.1. The molecule has 94 valence electrons. The lowest BCUT2D eigenvalue weighted by Gasteiger charge is -2.18. The highest BCUT2D eigenvalue weighted by atomic mass is 15.0. The predicted molar refractivity (Wildman–Crippen MR) is 70.9 cm³/mol. The third-order valence-electron chi connectivity index (χ3n) is 2.50. The van der Waals surface area contributed by atoms with E-state index < -0.39 is 0 Å². The summed E-state index contributed by atoms with van der Waals surface area (Å²) in [5.74, 6) is 1.41. The molecule has 2 heterocycles. The molecule has 0 aliphatic rings. The molecule has 0 spiro atoms. The lowest BCUT2D eigenvalue weighted by molar-refractivity contribution is 0.568. The first kappa shape index (κ1) is 12.4. The highest BCUT2D eigenvalue weighted by Crippen LogP contribution is 2.23. The van der Waals surface area contributed by atoms with Gasteiger partial charge in [-0.2, -0.15) is 0 Å². The Hall–Kier alpha value is -2.04. The summed E-state index contributed by atoms with van der Waals surface area (Å²) in [4.78, 5) is 17.1. The van der Waals surface area contributed by atoms with Crippen molar-refractivity contribution in [2.45, 2.75) is 33.1 Å². The molecule has 18 heavy (non-hydrogen) atoms. The van der Waals surface area contributed by atoms with E-state index in [-0.39, 0.29) is 5.41 Å². The van der Waals surface area contributed by atoms with Crippen LogP contribution in [0.1, 0.15) is 32.0 Å². The third-order valence-corrected chi connectivity index (χ3v) is 2.50. The second-order valence-electron chi connectivity index (χ2n) is 5.34. The summed E-state index contributed by atoms with van der Waals surface area (Å²) in [6.07, 6.45) is 3.48. The average Bonchev–Trinajstić information content (AvgIpc) is 2.28. The highest BCUT2D eigenvalue weighted by molar-refractivity contribution is 5.48. The average molecular weight is 243 g/mol. The van der Waals surface area contributed by atoms with Crippen LogP contribution in [-0.2, 0) is 5.41 Å². The van der Waals surface area contributed by atoms with E-state index in [1.807, 2.05) is 6.92 Å². The second-order valence-corrected chi connectivity index (χ2v) is 5.34. The largest absolute Gasteiger partial charge is 0.384 e. The van der Waals surface area contributed by atoms with Gasteiger partial charge in [0.25, 0.3) is 0 Å². The first-order valence-corrected chi connectivity index (χ1v) is 5.80. The number of anilines is 1. The van der Waals surface area contributed by atoms with Crippen LogP contribution in [0.5, 0.6) is 0 Å². The number of nitrogens with zero attached hydrogens (tertiary/aromatic N) is 4. The van der Waals surface area contributed by atoms with Crippen LogP contribution in [0.2, 0.25) is 0 Å². The quantitative estimate of drug-likeness (QED) is 0.830. The van der Waals surface area contributed by atoms with Crippen molar-refractivity contribution in [3.05, 3.63) is 29.7 Å². The number of hydrogen-bond acceptors (Lipinski definition) is 5. The Bertz CT molecular complexity index is 555. The van der Waals surface area contributed by atoms with E-state index in [9.17, 15) is 0 Å². The molecule has 0 bridgehead atoms. The lowest BCUT2D eigenvalue weighted by atomic mass is 9.92. The van der Waals surface area contributed by atoms with Crippen molar-refractivity contribution in [1.29, 1.82) is 0 Å². The van der Waals surface area contributed by atoms with Crippen LogP contribution < -0.4 is 5.73 Å². The van der Waals surface area contributed by atoms with Crippen LogP contribution in [0, 0.1) is 6.92 Å². The number of hydrogen-bond donors (Lipinski definition) is 1. The van der Waals surface area contributed by atoms with Gasteiger partial charge in [-0.1, -0.05) is 20.8 Å². The number of rotatable bonds is 1. The van der Waals surface area contributed by atoms with Gasteiger partial charge in [-0.3, -0.25) is 0 Å².